The van der Waals surface area contributed by atoms with Crippen LogP contribution >= 0.6 is 0 Å². The van der Waals surface area contributed by atoms with E-state index < -0.39 is 0 Å². The van der Waals surface area contributed by atoms with Crippen molar-refractivity contribution in [1.29, 1.82) is 0 Å². The Labute approximate surface area is 78.4 Å². The Morgan fingerprint density at radius 1 is 1.54 bits per heavy atom. The average molecular weight is 177 g/mol. The lowest BCUT2D eigenvalue weighted by Gasteiger charge is -2.20. The van der Waals surface area contributed by atoms with Crippen molar-refractivity contribution in [3.05, 3.63) is 29.2 Å². The summed E-state index contributed by atoms with van der Waals surface area (Å²) in [7, 11) is 0. The highest BCUT2D eigenvalue weighted by Crippen LogP contribution is 2.33. The van der Waals surface area contributed by atoms with Crippen molar-refractivity contribution in [2.45, 2.75) is 26.3 Å². The van der Waals surface area contributed by atoms with Gasteiger partial charge in [0.1, 0.15) is 5.76 Å². The molecule has 0 saturated carbocycles. The zero-order chi connectivity index (χ0) is 9.42. The lowest BCUT2D eigenvalue weighted by Crippen LogP contribution is -2.16. The lowest BCUT2D eigenvalue weighted by molar-refractivity contribution is 0.453. The molecule has 70 valence electrons. The molecule has 0 fully saturated rings. The fourth-order valence-corrected chi connectivity index (χ4v) is 1.76. The van der Waals surface area contributed by atoms with Crippen molar-refractivity contribution in [2.24, 2.45) is 11.7 Å². The Kier molecular flexibility index (Phi) is 2.00. The molecular formula is C11H15NO. The molecule has 1 unspecified atom stereocenters. The molecule has 1 aromatic heterocycles. The van der Waals surface area contributed by atoms with E-state index in [2.05, 4.69) is 19.9 Å². The molecule has 1 atom stereocenters. The third-order valence-electron chi connectivity index (χ3n) is 2.60. The van der Waals surface area contributed by atoms with Gasteiger partial charge < -0.3 is 10.2 Å². The second-order valence-electron chi connectivity index (χ2n) is 3.92. The van der Waals surface area contributed by atoms with Gasteiger partial charge in [-0.05, 0) is 18.4 Å². The molecule has 0 aromatic carbocycles. The number of hydrogen-bond acceptors (Lipinski definition) is 2. The van der Waals surface area contributed by atoms with Crippen LogP contribution in [0.15, 0.2) is 22.3 Å². The Hall–Kier alpha value is -1.02. The first-order valence-electron chi connectivity index (χ1n) is 4.72. The Morgan fingerprint density at radius 2 is 2.31 bits per heavy atom. The van der Waals surface area contributed by atoms with Gasteiger partial charge in [-0.15, -0.1) is 0 Å². The molecule has 0 bridgehead atoms. The maximum atomic E-state index is 5.98. The van der Waals surface area contributed by atoms with Gasteiger partial charge in [0, 0.05) is 5.56 Å². The van der Waals surface area contributed by atoms with Crippen LogP contribution in [-0.4, -0.2) is 0 Å². The van der Waals surface area contributed by atoms with E-state index >= 15 is 0 Å². The number of fused-ring (bicyclic) bond motifs is 1. The zero-order valence-corrected chi connectivity index (χ0v) is 8.08. The topological polar surface area (TPSA) is 39.2 Å². The third-order valence-corrected chi connectivity index (χ3v) is 2.60. The first-order valence-corrected chi connectivity index (χ1v) is 4.72. The highest BCUT2D eigenvalue weighted by atomic mass is 16.3. The van der Waals surface area contributed by atoms with Gasteiger partial charge in [0.25, 0.3) is 0 Å². The summed E-state index contributed by atoms with van der Waals surface area (Å²) in [4.78, 5) is 0. The summed E-state index contributed by atoms with van der Waals surface area (Å²) < 4.78 is 5.33. The monoisotopic (exact) mass is 177 g/mol. The van der Waals surface area contributed by atoms with E-state index in [1.807, 2.05) is 6.07 Å². The molecular weight excluding hydrogens is 162 g/mol. The Morgan fingerprint density at radius 3 is 3.00 bits per heavy atom. The number of furan rings is 1. The second-order valence-corrected chi connectivity index (χ2v) is 3.92. The summed E-state index contributed by atoms with van der Waals surface area (Å²) in [5.41, 5.74) is 8.56. The molecule has 1 aromatic rings. The van der Waals surface area contributed by atoms with E-state index in [4.69, 9.17) is 10.2 Å². The van der Waals surface area contributed by atoms with Crippen LogP contribution < -0.4 is 5.73 Å². The minimum Gasteiger partial charge on any atom is -0.467 e. The first kappa shape index (κ1) is 8.57. The summed E-state index contributed by atoms with van der Waals surface area (Å²) >= 11 is 0. The molecule has 1 aliphatic rings. The van der Waals surface area contributed by atoms with E-state index in [9.17, 15) is 0 Å². The van der Waals surface area contributed by atoms with Crippen molar-refractivity contribution < 1.29 is 4.42 Å². The van der Waals surface area contributed by atoms with Gasteiger partial charge in [0.05, 0.1) is 12.3 Å². The number of rotatable bonds is 1. The summed E-state index contributed by atoms with van der Waals surface area (Å²) in [6.07, 6.45) is 4.84. The lowest BCUT2D eigenvalue weighted by atomic mass is 9.88. The van der Waals surface area contributed by atoms with Crippen molar-refractivity contribution in [3.8, 4) is 0 Å². The fourth-order valence-electron chi connectivity index (χ4n) is 1.76. The molecule has 2 rings (SSSR count). The summed E-state index contributed by atoms with van der Waals surface area (Å²) in [5.74, 6) is 1.51. The van der Waals surface area contributed by atoms with Crippen molar-refractivity contribution >= 4 is 6.08 Å². The van der Waals surface area contributed by atoms with E-state index in [1.165, 1.54) is 5.57 Å². The number of nitrogens with two attached hydrogens (primary N) is 1. The van der Waals surface area contributed by atoms with Gasteiger partial charge in [-0.2, -0.15) is 0 Å². The van der Waals surface area contributed by atoms with Gasteiger partial charge in [0.2, 0.25) is 0 Å². The molecule has 2 heteroatoms. The third kappa shape index (κ3) is 1.42. The molecule has 0 spiro atoms. The fraction of sp³-hybridized carbons (Fsp3) is 0.455. The summed E-state index contributed by atoms with van der Waals surface area (Å²) in [5, 5.41) is 0. The average Bonchev–Trinajstić information content (AvgIpc) is 2.51. The van der Waals surface area contributed by atoms with Crippen LogP contribution in [0.4, 0.5) is 0 Å². The predicted octanol–water partition coefficient (Wildman–Crippen LogP) is 2.72. The molecule has 0 amide bonds. The van der Waals surface area contributed by atoms with Gasteiger partial charge in [-0.25, -0.2) is 0 Å². The van der Waals surface area contributed by atoms with Crippen LogP contribution in [0.3, 0.4) is 0 Å². The minimum absolute atomic E-state index is 0.0485. The van der Waals surface area contributed by atoms with Crippen LogP contribution in [-0.2, 0) is 0 Å². The van der Waals surface area contributed by atoms with Gasteiger partial charge in [-0.3, -0.25) is 0 Å². The standard InChI is InChI=1S/C11H15NO/c1-7(2)9-5-8-3-4-13-11(8)10(12)6-9/h3-5,7,10H,6,12H2,1-2H3. The van der Waals surface area contributed by atoms with Crippen LogP contribution in [0, 0.1) is 5.92 Å². The molecule has 0 radical (unpaired) electrons. The van der Waals surface area contributed by atoms with Crippen molar-refractivity contribution in [2.75, 3.05) is 0 Å². The van der Waals surface area contributed by atoms with Crippen LogP contribution in [0.2, 0.25) is 0 Å². The first-order chi connectivity index (χ1) is 6.18. The Balaban J connectivity index is 2.40. The highest BCUT2D eigenvalue weighted by Gasteiger charge is 2.21. The largest absolute Gasteiger partial charge is 0.467 e. The molecule has 1 aliphatic carbocycles. The quantitative estimate of drug-likeness (QED) is 0.716. The molecule has 2 N–H and O–H groups in total. The molecule has 2 nitrogen and oxygen atoms in total. The normalized spacial score (nSPS) is 21.5. The van der Waals surface area contributed by atoms with Crippen LogP contribution in [0.25, 0.3) is 6.08 Å². The molecule has 13 heavy (non-hydrogen) atoms. The van der Waals surface area contributed by atoms with E-state index in [1.54, 1.807) is 6.26 Å². The maximum absolute atomic E-state index is 5.98. The van der Waals surface area contributed by atoms with Gasteiger partial charge in [-0.1, -0.05) is 25.5 Å². The van der Waals surface area contributed by atoms with E-state index in [0.29, 0.717) is 5.92 Å². The predicted molar refractivity (Wildman–Crippen MR) is 53.1 cm³/mol. The van der Waals surface area contributed by atoms with E-state index in [-0.39, 0.29) is 6.04 Å². The Bertz CT molecular complexity index is 336. The maximum Gasteiger partial charge on any atom is 0.127 e. The number of hydrogen-bond donors (Lipinski definition) is 1. The summed E-state index contributed by atoms with van der Waals surface area (Å²) in [6.45, 7) is 4.40. The second kappa shape index (κ2) is 3.04. The summed E-state index contributed by atoms with van der Waals surface area (Å²) in [6, 6.07) is 2.03. The van der Waals surface area contributed by atoms with Crippen molar-refractivity contribution in [3.63, 3.8) is 0 Å². The SMILES string of the molecule is CC(C)C1=Cc2ccoc2C(N)C1. The van der Waals surface area contributed by atoms with Gasteiger partial charge in [0.15, 0.2) is 0 Å². The van der Waals surface area contributed by atoms with Crippen LogP contribution in [0.5, 0.6) is 0 Å². The zero-order valence-electron chi connectivity index (χ0n) is 8.08. The highest BCUT2D eigenvalue weighted by molar-refractivity contribution is 5.58. The molecule has 1 heterocycles. The minimum atomic E-state index is 0.0485. The molecule has 0 saturated heterocycles. The van der Waals surface area contributed by atoms with Crippen molar-refractivity contribution in [1.82, 2.24) is 0 Å². The van der Waals surface area contributed by atoms with E-state index in [0.717, 1.165) is 17.7 Å². The molecule has 0 aliphatic heterocycles. The smallest absolute Gasteiger partial charge is 0.127 e. The van der Waals surface area contributed by atoms with Crippen LogP contribution in [0.1, 0.15) is 37.6 Å². The van der Waals surface area contributed by atoms with Gasteiger partial charge >= 0.3 is 0 Å².